The van der Waals surface area contributed by atoms with E-state index in [2.05, 4.69) is 50.6 Å². The quantitative estimate of drug-likeness (QED) is 0.461. The molecule has 0 aliphatic carbocycles. The van der Waals surface area contributed by atoms with E-state index in [9.17, 15) is 9.59 Å². The summed E-state index contributed by atoms with van der Waals surface area (Å²) in [5.41, 5.74) is 3.32. The van der Waals surface area contributed by atoms with Gasteiger partial charge in [0.25, 0.3) is 0 Å². The summed E-state index contributed by atoms with van der Waals surface area (Å²) in [6, 6.07) is -0.754. The SMILES string of the molecule is CCOCC(=O)N[C@@H](CC#C[Si](C)(C)C(C)(C)C)C(=O)OC. The Morgan fingerprint density at radius 3 is 2.32 bits per heavy atom. The Morgan fingerprint density at radius 2 is 1.86 bits per heavy atom. The number of carbonyl (C=O) groups is 2. The first-order valence-corrected chi connectivity index (χ1v) is 10.5. The molecular weight excluding hydrogens is 298 g/mol. The molecule has 0 heterocycles. The summed E-state index contributed by atoms with van der Waals surface area (Å²) in [7, 11) is -0.431. The first kappa shape index (κ1) is 20.7. The number of hydrogen-bond acceptors (Lipinski definition) is 4. The number of carbonyl (C=O) groups excluding carboxylic acids is 2. The number of methoxy groups -OCH3 is 1. The molecule has 1 amide bonds. The van der Waals surface area contributed by atoms with Crippen molar-refractivity contribution in [2.45, 2.75) is 58.3 Å². The van der Waals surface area contributed by atoms with Gasteiger partial charge in [-0.25, -0.2) is 4.79 Å². The number of hydrogen-bond donors (Lipinski definition) is 1. The van der Waals surface area contributed by atoms with Crippen LogP contribution in [0, 0.1) is 11.5 Å². The van der Waals surface area contributed by atoms with E-state index in [1.165, 1.54) is 7.11 Å². The molecule has 0 rings (SSSR count). The molecule has 0 unspecified atom stereocenters. The Hall–Kier alpha value is -1.32. The van der Waals surface area contributed by atoms with Crippen LogP contribution in [0.4, 0.5) is 0 Å². The molecule has 0 aliphatic heterocycles. The van der Waals surface area contributed by atoms with Crippen molar-refractivity contribution in [2.24, 2.45) is 0 Å². The van der Waals surface area contributed by atoms with Crippen molar-refractivity contribution in [1.82, 2.24) is 5.32 Å². The highest BCUT2D eigenvalue weighted by Gasteiger charge is 2.33. The van der Waals surface area contributed by atoms with E-state index in [0.717, 1.165) is 0 Å². The van der Waals surface area contributed by atoms with Gasteiger partial charge in [-0.3, -0.25) is 4.79 Å². The minimum Gasteiger partial charge on any atom is -0.467 e. The zero-order chi connectivity index (χ0) is 17.4. The third-order valence-electron chi connectivity index (χ3n) is 3.84. The van der Waals surface area contributed by atoms with Gasteiger partial charge in [-0.05, 0) is 12.0 Å². The van der Waals surface area contributed by atoms with E-state index >= 15 is 0 Å². The summed E-state index contributed by atoms with van der Waals surface area (Å²) in [5, 5.41) is 2.75. The second-order valence-corrected chi connectivity index (χ2v) is 11.7. The maximum absolute atomic E-state index is 11.7. The highest BCUT2D eigenvalue weighted by molar-refractivity contribution is 6.87. The zero-order valence-corrected chi connectivity index (χ0v) is 15.8. The van der Waals surface area contributed by atoms with Crippen LogP contribution >= 0.6 is 0 Å². The maximum atomic E-state index is 11.7. The lowest BCUT2D eigenvalue weighted by molar-refractivity contribution is -0.145. The van der Waals surface area contributed by atoms with Gasteiger partial charge in [-0.1, -0.05) is 33.9 Å². The lowest BCUT2D eigenvalue weighted by Crippen LogP contribution is -2.43. The standard InChI is InChI=1S/C16H29NO4Si/c1-8-21-12-14(18)17-13(15(19)20-5)10-9-11-22(6,7)16(2,3)4/h13H,8,10,12H2,1-7H3,(H,17,18)/t13-/m0/s1. The van der Waals surface area contributed by atoms with Gasteiger partial charge in [0.1, 0.15) is 20.7 Å². The van der Waals surface area contributed by atoms with Crippen molar-refractivity contribution in [2.75, 3.05) is 20.3 Å². The predicted molar refractivity (Wildman–Crippen MR) is 90.0 cm³/mol. The van der Waals surface area contributed by atoms with Crippen molar-refractivity contribution < 1.29 is 19.1 Å². The predicted octanol–water partition coefficient (Wildman–Crippen LogP) is 2.12. The van der Waals surface area contributed by atoms with Crippen molar-refractivity contribution >= 4 is 20.0 Å². The van der Waals surface area contributed by atoms with Gasteiger partial charge in [0, 0.05) is 13.0 Å². The third-order valence-corrected chi connectivity index (χ3v) is 8.39. The van der Waals surface area contributed by atoms with Crippen molar-refractivity contribution in [3.8, 4) is 11.5 Å². The highest BCUT2D eigenvalue weighted by Crippen LogP contribution is 2.35. The lowest BCUT2D eigenvalue weighted by Gasteiger charge is -2.31. The topological polar surface area (TPSA) is 64.6 Å². The van der Waals surface area contributed by atoms with E-state index in [1.807, 2.05) is 0 Å². The fourth-order valence-electron chi connectivity index (χ4n) is 1.33. The van der Waals surface area contributed by atoms with E-state index < -0.39 is 20.1 Å². The summed E-state index contributed by atoms with van der Waals surface area (Å²) in [6.45, 7) is 13.1. The monoisotopic (exact) mass is 327 g/mol. The molecule has 22 heavy (non-hydrogen) atoms. The second-order valence-electron chi connectivity index (χ2n) is 6.66. The van der Waals surface area contributed by atoms with Crippen LogP contribution in [-0.2, 0) is 19.1 Å². The Kier molecular flexibility index (Phi) is 8.42. The van der Waals surface area contributed by atoms with Gasteiger partial charge in [-0.2, -0.15) is 0 Å². The van der Waals surface area contributed by atoms with Crippen LogP contribution in [0.5, 0.6) is 0 Å². The molecule has 0 saturated carbocycles. The number of ether oxygens (including phenoxy) is 2. The highest BCUT2D eigenvalue weighted by atomic mass is 28.3. The normalized spacial score (nSPS) is 12.9. The molecule has 0 spiro atoms. The number of esters is 1. The molecule has 6 heteroatoms. The second kappa shape index (κ2) is 8.96. The van der Waals surface area contributed by atoms with Gasteiger partial charge in [-0.15, -0.1) is 11.5 Å². The van der Waals surface area contributed by atoms with Gasteiger partial charge in [0.2, 0.25) is 5.91 Å². The van der Waals surface area contributed by atoms with E-state index in [-0.39, 0.29) is 24.0 Å². The summed E-state index contributed by atoms with van der Waals surface area (Å²) in [4.78, 5) is 23.4. The number of nitrogens with one attached hydrogen (secondary N) is 1. The van der Waals surface area contributed by atoms with Crippen LogP contribution < -0.4 is 5.32 Å². The minimum atomic E-state index is -1.73. The molecule has 0 bridgehead atoms. The van der Waals surface area contributed by atoms with Crippen LogP contribution in [0.2, 0.25) is 18.1 Å². The van der Waals surface area contributed by atoms with Crippen molar-refractivity contribution in [1.29, 1.82) is 0 Å². The van der Waals surface area contributed by atoms with Crippen LogP contribution in [0.1, 0.15) is 34.1 Å². The molecule has 1 atom stereocenters. The molecule has 0 aromatic carbocycles. The Bertz CT molecular complexity index is 443. The molecule has 1 N–H and O–H groups in total. The third kappa shape index (κ3) is 7.10. The molecule has 0 aliphatic rings. The van der Waals surface area contributed by atoms with Crippen LogP contribution in [-0.4, -0.2) is 46.3 Å². The zero-order valence-electron chi connectivity index (χ0n) is 14.8. The molecule has 126 valence electrons. The molecular formula is C16H29NO4Si. The largest absolute Gasteiger partial charge is 0.467 e. The van der Waals surface area contributed by atoms with E-state index in [1.54, 1.807) is 6.92 Å². The van der Waals surface area contributed by atoms with Gasteiger partial charge < -0.3 is 14.8 Å². The molecule has 0 fully saturated rings. The van der Waals surface area contributed by atoms with E-state index in [4.69, 9.17) is 9.47 Å². The average molecular weight is 327 g/mol. The van der Waals surface area contributed by atoms with Crippen molar-refractivity contribution in [3.63, 3.8) is 0 Å². The Morgan fingerprint density at radius 1 is 1.27 bits per heavy atom. The van der Waals surface area contributed by atoms with Gasteiger partial charge in [0.05, 0.1) is 7.11 Å². The maximum Gasteiger partial charge on any atom is 0.329 e. The van der Waals surface area contributed by atoms with Gasteiger partial charge >= 0.3 is 5.97 Å². The van der Waals surface area contributed by atoms with Gasteiger partial charge in [0.15, 0.2) is 0 Å². The Labute approximate surface area is 135 Å². The fraction of sp³-hybridized carbons (Fsp3) is 0.750. The summed E-state index contributed by atoms with van der Waals surface area (Å²) < 4.78 is 9.74. The first-order valence-electron chi connectivity index (χ1n) is 7.50. The average Bonchev–Trinajstić information content (AvgIpc) is 2.41. The fourth-order valence-corrected chi connectivity index (χ4v) is 2.25. The molecule has 0 radical (unpaired) electrons. The van der Waals surface area contributed by atoms with Crippen molar-refractivity contribution in [3.05, 3.63) is 0 Å². The molecule has 0 aromatic rings. The summed E-state index contributed by atoms with van der Waals surface area (Å²) in [5.74, 6) is 2.23. The molecule has 0 saturated heterocycles. The van der Waals surface area contributed by atoms with Crippen LogP contribution in [0.3, 0.4) is 0 Å². The first-order chi connectivity index (χ1) is 10.0. The number of amides is 1. The molecule has 0 aromatic heterocycles. The molecule has 5 nitrogen and oxygen atoms in total. The Balaban J connectivity index is 4.83. The smallest absolute Gasteiger partial charge is 0.329 e. The van der Waals surface area contributed by atoms with Crippen LogP contribution in [0.15, 0.2) is 0 Å². The minimum absolute atomic E-state index is 0.0698. The lowest BCUT2D eigenvalue weighted by atomic mass is 10.2. The number of rotatable bonds is 6. The van der Waals surface area contributed by atoms with E-state index in [0.29, 0.717) is 6.61 Å². The van der Waals surface area contributed by atoms with Crippen LogP contribution in [0.25, 0.3) is 0 Å². The summed E-state index contributed by atoms with van der Waals surface area (Å²) >= 11 is 0. The summed E-state index contributed by atoms with van der Waals surface area (Å²) in [6.07, 6.45) is 0.247.